The van der Waals surface area contributed by atoms with Crippen molar-refractivity contribution in [3.8, 4) is 0 Å². The Hall–Kier alpha value is -1.69. The SMILES string of the molecule is Nc1nccnc1C(=O)NC(CCO)C1CCCCC1. The first-order chi connectivity index (χ1) is 9.72. The summed E-state index contributed by atoms with van der Waals surface area (Å²) in [5.74, 6) is 0.258. The van der Waals surface area contributed by atoms with Crippen molar-refractivity contribution in [1.29, 1.82) is 0 Å². The molecule has 1 heterocycles. The highest BCUT2D eigenvalue weighted by Gasteiger charge is 2.26. The molecular formula is C14H22N4O2. The number of amides is 1. The van der Waals surface area contributed by atoms with Gasteiger partial charge in [-0.3, -0.25) is 4.79 Å². The molecule has 1 aliphatic rings. The minimum Gasteiger partial charge on any atom is -0.396 e. The first-order valence-electron chi connectivity index (χ1n) is 7.20. The largest absolute Gasteiger partial charge is 0.396 e. The van der Waals surface area contributed by atoms with Crippen LogP contribution in [0.4, 0.5) is 5.82 Å². The molecule has 6 heteroatoms. The lowest BCUT2D eigenvalue weighted by atomic mass is 9.82. The molecule has 1 fully saturated rings. The van der Waals surface area contributed by atoms with E-state index in [1.165, 1.54) is 31.7 Å². The van der Waals surface area contributed by atoms with Gasteiger partial charge in [-0.1, -0.05) is 19.3 Å². The monoisotopic (exact) mass is 278 g/mol. The van der Waals surface area contributed by atoms with Gasteiger partial charge in [-0.2, -0.15) is 0 Å². The molecule has 1 aromatic rings. The molecular weight excluding hydrogens is 256 g/mol. The van der Waals surface area contributed by atoms with Crippen molar-refractivity contribution in [2.24, 2.45) is 5.92 Å². The Labute approximate surface area is 118 Å². The van der Waals surface area contributed by atoms with Gasteiger partial charge in [-0.05, 0) is 25.2 Å². The van der Waals surface area contributed by atoms with E-state index in [0.29, 0.717) is 12.3 Å². The van der Waals surface area contributed by atoms with E-state index in [1.54, 1.807) is 0 Å². The van der Waals surface area contributed by atoms with Crippen LogP contribution in [-0.2, 0) is 0 Å². The van der Waals surface area contributed by atoms with Crippen LogP contribution in [0.25, 0.3) is 0 Å². The van der Waals surface area contributed by atoms with E-state index in [9.17, 15) is 9.90 Å². The van der Waals surface area contributed by atoms with E-state index in [2.05, 4.69) is 15.3 Å². The molecule has 1 unspecified atom stereocenters. The van der Waals surface area contributed by atoms with Gasteiger partial charge in [-0.25, -0.2) is 9.97 Å². The Morgan fingerprint density at radius 2 is 2.05 bits per heavy atom. The van der Waals surface area contributed by atoms with Crippen LogP contribution in [0.2, 0.25) is 0 Å². The highest BCUT2D eigenvalue weighted by Crippen LogP contribution is 2.27. The predicted molar refractivity (Wildman–Crippen MR) is 76.0 cm³/mol. The number of rotatable bonds is 5. The molecule has 6 nitrogen and oxygen atoms in total. The van der Waals surface area contributed by atoms with E-state index >= 15 is 0 Å². The van der Waals surface area contributed by atoms with Gasteiger partial charge < -0.3 is 16.2 Å². The van der Waals surface area contributed by atoms with Crippen molar-refractivity contribution < 1.29 is 9.90 Å². The molecule has 110 valence electrons. The molecule has 4 N–H and O–H groups in total. The number of carbonyl (C=O) groups excluding carboxylic acids is 1. The van der Waals surface area contributed by atoms with Gasteiger partial charge in [0.1, 0.15) is 0 Å². The molecule has 1 aliphatic carbocycles. The molecule has 0 aliphatic heterocycles. The lowest BCUT2D eigenvalue weighted by molar-refractivity contribution is 0.0895. The Balaban J connectivity index is 2.03. The average Bonchev–Trinajstić information content (AvgIpc) is 2.48. The molecule has 0 bridgehead atoms. The maximum atomic E-state index is 12.2. The Morgan fingerprint density at radius 3 is 2.70 bits per heavy atom. The number of nitrogens with two attached hydrogens (primary N) is 1. The summed E-state index contributed by atoms with van der Waals surface area (Å²) in [4.78, 5) is 20.1. The summed E-state index contributed by atoms with van der Waals surface area (Å²) in [6.45, 7) is 0.0669. The highest BCUT2D eigenvalue weighted by atomic mass is 16.3. The number of hydrogen-bond donors (Lipinski definition) is 3. The number of nitrogens with zero attached hydrogens (tertiary/aromatic N) is 2. The zero-order valence-electron chi connectivity index (χ0n) is 11.6. The smallest absolute Gasteiger partial charge is 0.273 e. The summed E-state index contributed by atoms with van der Waals surface area (Å²) in [6.07, 6.45) is 9.31. The minimum atomic E-state index is -0.306. The Bertz CT molecular complexity index is 447. The van der Waals surface area contributed by atoms with Crippen LogP contribution in [0.3, 0.4) is 0 Å². The second-order valence-electron chi connectivity index (χ2n) is 5.28. The number of aliphatic hydroxyl groups is 1. The molecule has 0 spiro atoms. The summed E-state index contributed by atoms with van der Waals surface area (Å²) < 4.78 is 0. The van der Waals surface area contributed by atoms with Gasteiger partial charge in [0.05, 0.1) is 0 Å². The van der Waals surface area contributed by atoms with E-state index in [-0.39, 0.29) is 30.1 Å². The van der Waals surface area contributed by atoms with Crippen molar-refractivity contribution in [1.82, 2.24) is 15.3 Å². The van der Waals surface area contributed by atoms with Gasteiger partial charge in [0.2, 0.25) is 0 Å². The predicted octanol–water partition coefficient (Wildman–Crippen LogP) is 1.12. The van der Waals surface area contributed by atoms with Crippen molar-refractivity contribution in [2.75, 3.05) is 12.3 Å². The fraction of sp³-hybridized carbons (Fsp3) is 0.643. The number of aromatic nitrogens is 2. The van der Waals surface area contributed by atoms with E-state index in [4.69, 9.17) is 5.73 Å². The molecule has 0 saturated heterocycles. The van der Waals surface area contributed by atoms with Crippen LogP contribution in [0.15, 0.2) is 12.4 Å². The lowest BCUT2D eigenvalue weighted by Crippen LogP contribution is -2.42. The first-order valence-corrected chi connectivity index (χ1v) is 7.20. The molecule has 1 aromatic heterocycles. The second kappa shape index (κ2) is 7.19. The summed E-state index contributed by atoms with van der Waals surface area (Å²) in [7, 11) is 0. The molecule has 1 amide bonds. The lowest BCUT2D eigenvalue weighted by Gasteiger charge is -2.30. The topological polar surface area (TPSA) is 101 Å². The second-order valence-corrected chi connectivity index (χ2v) is 5.28. The van der Waals surface area contributed by atoms with E-state index in [0.717, 1.165) is 12.8 Å². The zero-order valence-corrected chi connectivity index (χ0v) is 11.6. The number of hydrogen-bond acceptors (Lipinski definition) is 5. The van der Waals surface area contributed by atoms with Crippen LogP contribution in [0, 0.1) is 5.92 Å². The van der Waals surface area contributed by atoms with Crippen molar-refractivity contribution >= 4 is 11.7 Å². The standard InChI is InChI=1S/C14H22N4O2/c15-13-12(16-7-8-17-13)14(20)18-11(6-9-19)10-4-2-1-3-5-10/h7-8,10-11,19H,1-6,9H2,(H2,15,17)(H,18,20). The van der Waals surface area contributed by atoms with Crippen LogP contribution in [0.5, 0.6) is 0 Å². The average molecular weight is 278 g/mol. The number of anilines is 1. The van der Waals surface area contributed by atoms with Crippen LogP contribution >= 0.6 is 0 Å². The zero-order chi connectivity index (χ0) is 14.4. The van der Waals surface area contributed by atoms with Gasteiger partial charge in [0.25, 0.3) is 5.91 Å². The first kappa shape index (κ1) is 14.7. The molecule has 2 rings (SSSR count). The number of carbonyl (C=O) groups is 1. The van der Waals surface area contributed by atoms with Gasteiger partial charge in [-0.15, -0.1) is 0 Å². The number of aliphatic hydroxyl groups excluding tert-OH is 1. The normalized spacial score (nSPS) is 17.6. The van der Waals surface area contributed by atoms with Gasteiger partial charge >= 0.3 is 0 Å². The molecule has 0 aromatic carbocycles. The molecule has 0 radical (unpaired) electrons. The third kappa shape index (κ3) is 3.66. The maximum absolute atomic E-state index is 12.2. The fourth-order valence-electron chi connectivity index (χ4n) is 2.86. The Morgan fingerprint density at radius 1 is 1.35 bits per heavy atom. The van der Waals surface area contributed by atoms with Crippen molar-refractivity contribution in [2.45, 2.75) is 44.6 Å². The number of nitrogen functional groups attached to an aromatic ring is 1. The van der Waals surface area contributed by atoms with Crippen molar-refractivity contribution in [3.05, 3.63) is 18.1 Å². The van der Waals surface area contributed by atoms with Gasteiger partial charge in [0, 0.05) is 25.0 Å². The highest BCUT2D eigenvalue weighted by molar-refractivity contribution is 5.96. The third-order valence-corrected chi connectivity index (χ3v) is 3.92. The minimum absolute atomic E-state index is 0.0193. The molecule has 1 atom stereocenters. The maximum Gasteiger partial charge on any atom is 0.273 e. The summed E-state index contributed by atoms with van der Waals surface area (Å²) >= 11 is 0. The number of nitrogens with one attached hydrogen (secondary N) is 1. The third-order valence-electron chi connectivity index (χ3n) is 3.92. The van der Waals surface area contributed by atoms with Crippen LogP contribution in [0.1, 0.15) is 49.0 Å². The molecule has 20 heavy (non-hydrogen) atoms. The van der Waals surface area contributed by atoms with E-state index < -0.39 is 0 Å². The van der Waals surface area contributed by atoms with Crippen molar-refractivity contribution in [3.63, 3.8) is 0 Å². The van der Waals surface area contributed by atoms with Gasteiger partial charge in [0.15, 0.2) is 11.5 Å². The fourth-order valence-corrected chi connectivity index (χ4v) is 2.86. The summed E-state index contributed by atoms with van der Waals surface area (Å²) in [5, 5.41) is 12.2. The quantitative estimate of drug-likeness (QED) is 0.749. The Kier molecular flexibility index (Phi) is 5.29. The summed E-state index contributed by atoms with van der Waals surface area (Å²) in [6, 6.07) is -0.0193. The van der Waals surface area contributed by atoms with E-state index in [1.807, 2.05) is 0 Å². The van der Waals surface area contributed by atoms with Crippen LogP contribution in [-0.4, -0.2) is 33.6 Å². The molecule has 1 saturated carbocycles. The summed E-state index contributed by atoms with van der Waals surface area (Å²) in [5.41, 5.74) is 5.82. The van der Waals surface area contributed by atoms with Crippen LogP contribution < -0.4 is 11.1 Å².